The minimum absolute atomic E-state index is 0.0452. The van der Waals surface area contributed by atoms with Gasteiger partial charge in [0.1, 0.15) is 0 Å². The number of aryl methyl sites for hydroxylation is 1. The van der Waals surface area contributed by atoms with Crippen LogP contribution < -0.4 is 5.32 Å². The summed E-state index contributed by atoms with van der Waals surface area (Å²) in [6.07, 6.45) is 4.98. The van der Waals surface area contributed by atoms with Gasteiger partial charge < -0.3 is 10.4 Å². The molecule has 1 aliphatic rings. The standard InChI is InChI=1S/C16H29N3O/c1-6-11-7-8-17-13(9-11)14(20)12-10-19(5)18-15(12)16(2,3)4/h10-11,13-14,17,20H,6-9H2,1-5H3. The highest BCUT2D eigenvalue weighted by atomic mass is 16.3. The van der Waals surface area contributed by atoms with Gasteiger partial charge in [-0.2, -0.15) is 5.10 Å². The van der Waals surface area contributed by atoms with E-state index < -0.39 is 6.10 Å². The van der Waals surface area contributed by atoms with Gasteiger partial charge in [-0.3, -0.25) is 4.68 Å². The summed E-state index contributed by atoms with van der Waals surface area (Å²) in [5.41, 5.74) is 1.94. The topological polar surface area (TPSA) is 50.1 Å². The molecule has 2 heterocycles. The second-order valence-corrected chi connectivity index (χ2v) is 7.16. The van der Waals surface area contributed by atoms with Crippen molar-refractivity contribution in [3.8, 4) is 0 Å². The van der Waals surface area contributed by atoms with E-state index in [0.29, 0.717) is 0 Å². The maximum Gasteiger partial charge on any atom is 0.0976 e. The lowest BCUT2D eigenvalue weighted by molar-refractivity contribution is 0.0963. The molecule has 4 heteroatoms. The predicted molar refractivity (Wildman–Crippen MR) is 81.7 cm³/mol. The van der Waals surface area contributed by atoms with Gasteiger partial charge in [-0.15, -0.1) is 0 Å². The van der Waals surface area contributed by atoms with Crippen LogP contribution in [0.1, 0.15) is 64.3 Å². The molecule has 114 valence electrons. The Balaban J connectivity index is 2.22. The summed E-state index contributed by atoms with van der Waals surface area (Å²) in [7, 11) is 1.93. The van der Waals surface area contributed by atoms with E-state index in [1.165, 1.54) is 12.8 Å². The van der Waals surface area contributed by atoms with Crippen LogP contribution in [0.5, 0.6) is 0 Å². The van der Waals surface area contributed by atoms with Crippen molar-refractivity contribution >= 4 is 0 Å². The van der Waals surface area contributed by atoms with Gasteiger partial charge in [0.15, 0.2) is 0 Å². The third-order valence-corrected chi connectivity index (χ3v) is 4.39. The molecule has 0 radical (unpaired) electrons. The van der Waals surface area contributed by atoms with E-state index in [1.54, 1.807) is 0 Å². The lowest BCUT2D eigenvalue weighted by Gasteiger charge is -2.33. The van der Waals surface area contributed by atoms with Crippen molar-refractivity contribution < 1.29 is 5.11 Å². The van der Waals surface area contributed by atoms with Crippen LogP contribution in [-0.4, -0.2) is 27.5 Å². The summed E-state index contributed by atoms with van der Waals surface area (Å²) >= 11 is 0. The van der Waals surface area contributed by atoms with Crippen LogP contribution in [0.4, 0.5) is 0 Å². The number of aliphatic hydroxyl groups excluding tert-OH is 1. The first-order valence-corrected chi connectivity index (χ1v) is 7.78. The summed E-state index contributed by atoms with van der Waals surface area (Å²) in [6, 6.07) is 0.152. The zero-order valence-corrected chi connectivity index (χ0v) is 13.5. The first kappa shape index (κ1) is 15.5. The van der Waals surface area contributed by atoms with Crippen LogP contribution in [0.2, 0.25) is 0 Å². The molecule has 20 heavy (non-hydrogen) atoms. The second kappa shape index (κ2) is 5.86. The van der Waals surface area contributed by atoms with Crippen molar-refractivity contribution in [2.45, 2.75) is 64.5 Å². The quantitative estimate of drug-likeness (QED) is 0.894. The lowest BCUT2D eigenvalue weighted by atomic mass is 9.83. The van der Waals surface area contributed by atoms with E-state index in [0.717, 1.165) is 30.1 Å². The zero-order chi connectivity index (χ0) is 14.9. The van der Waals surface area contributed by atoms with Crippen LogP contribution in [0.3, 0.4) is 0 Å². The van der Waals surface area contributed by atoms with E-state index >= 15 is 0 Å². The molecule has 0 saturated carbocycles. The average Bonchev–Trinajstić information content (AvgIpc) is 2.80. The Morgan fingerprint density at radius 1 is 1.50 bits per heavy atom. The second-order valence-electron chi connectivity index (χ2n) is 7.16. The van der Waals surface area contributed by atoms with Gasteiger partial charge in [0, 0.05) is 30.3 Å². The number of nitrogens with zero attached hydrogens (tertiary/aromatic N) is 2. The van der Waals surface area contributed by atoms with Crippen molar-refractivity contribution in [3.63, 3.8) is 0 Å². The molecule has 3 unspecified atom stereocenters. The molecule has 0 amide bonds. The van der Waals surface area contributed by atoms with Gasteiger partial charge in [-0.25, -0.2) is 0 Å². The number of nitrogens with one attached hydrogen (secondary N) is 1. The zero-order valence-electron chi connectivity index (χ0n) is 13.5. The summed E-state index contributed by atoms with van der Waals surface area (Å²) in [4.78, 5) is 0. The van der Waals surface area contributed by atoms with Crippen LogP contribution in [0.15, 0.2) is 6.20 Å². The van der Waals surface area contributed by atoms with Gasteiger partial charge in [0.25, 0.3) is 0 Å². The molecule has 1 aromatic heterocycles. The molecule has 1 fully saturated rings. The Bertz CT molecular complexity index is 447. The van der Waals surface area contributed by atoms with Crippen LogP contribution >= 0.6 is 0 Å². The number of rotatable bonds is 3. The molecular formula is C16H29N3O. The minimum atomic E-state index is -0.465. The number of hydrogen-bond acceptors (Lipinski definition) is 3. The molecule has 2 N–H and O–H groups in total. The molecule has 1 saturated heterocycles. The number of aromatic nitrogens is 2. The minimum Gasteiger partial charge on any atom is -0.387 e. The molecule has 0 aromatic carbocycles. The van der Waals surface area contributed by atoms with E-state index in [9.17, 15) is 5.11 Å². The van der Waals surface area contributed by atoms with Crippen LogP contribution in [0.25, 0.3) is 0 Å². The molecule has 0 aliphatic carbocycles. The average molecular weight is 279 g/mol. The van der Waals surface area contributed by atoms with E-state index in [-0.39, 0.29) is 11.5 Å². The lowest BCUT2D eigenvalue weighted by Crippen LogP contribution is -2.42. The molecule has 2 rings (SSSR count). The maximum absolute atomic E-state index is 10.8. The third kappa shape index (κ3) is 3.23. The number of piperidine rings is 1. The summed E-state index contributed by atoms with van der Waals surface area (Å²) in [5, 5.41) is 18.8. The highest BCUT2D eigenvalue weighted by Gasteiger charge is 2.32. The Morgan fingerprint density at radius 3 is 2.80 bits per heavy atom. The SMILES string of the molecule is CCC1CCNC(C(O)c2cn(C)nc2C(C)(C)C)C1. The fourth-order valence-electron chi connectivity index (χ4n) is 3.17. The number of aliphatic hydroxyl groups is 1. The Hall–Kier alpha value is -0.870. The molecule has 1 aliphatic heterocycles. The van der Waals surface area contributed by atoms with Crippen LogP contribution in [-0.2, 0) is 12.5 Å². The summed E-state index contributed by atoms with van der Waals surface area (Å²) in [6.45, 7) is 9.69. The molecular weight excluding hydrogens is 250 g/mol. The summed E-state index contributed by atoms with van der Waals surface area (Å²) < 4.78 is 1.82. The highest BCUT2D eigenvalue weighted by molar-refractivity contribution is 5.27. The summed E-state index contributed by atoms with van der Waals surface area (Å²) in [5.74, 6) is 0.727. The Kier molecular flexibility index (Phi) is 4.55. The Labute approximate surface area is 122 Å². The largest absolute Gasteiger partial charge is 0.387 e. The fraction of sp³-hybridized carbons (Fsp3) is 0.812. The monoisotopic (exact) mass is 279 g/mol. The van der Waals surface area contributed by atoms with Crippen LogP contribution in [0, 0.1) is 5.92 Å². The Morgan fingerprint density at radius 2 is 2.20 bits per heavy atom. The first-order chi connectivity index (χ1) is 9.32. The van der Waals surface area contributed by atoms with Gasteiger partial charge in [-0.05, 0) is 25.3 Å². The van der Waals surface area contributed by atoms with Crippen molar-refractivity contribution in [2.24, 2.45) is 13.0 Å². The van der Waals surface area contributed by atoms with E-state index in [4.69, 9.17) is 0 Å². The van der Waals surface area contributed by atoms with Crippen molar-refractivity contribution in [2.75, 3.05) is 6.54 Å². The molecule has 4 nitrogen and oxygen atoms in total. The third-order valence-electron chi connectivity index (χ3n) is 4.39. The van der Waals surface area contributed by atoms with Gasteiger partial charge in [0.2, 0.25) is 0 Å². The molecule has 3 atom stereocenters. The smallest absolute Gasteiger partial charge is 0.0976 e. The molecule has 1 aromatic rings. The van der Waals surface area contributed by atoms with E-state index in [1.807, 2.05) is 17.9 Å². The first-order valence-electron chi connectivity index (χ1n) is 7.78. The van der Waals surface area contributed by atoms with Crippen molar-refractivity contribution in [1.29, 1.82) is 0 Å². The molecule has 0 spiro atoms. The molecule has 0 bridgehead atoms. The maximum atomic E-state index is 10.8. The van der Waals surface area contributed by atoms with Crippen molar-refractivity contribution in [1.82, 2.24) is 15.1 Å². The number of hydrogen-bond donors (Lipinski definition) is 2. The fourth-order valence-corrected chi connectivity index (χ4v) is 3.17. The van der Waals surface area contributed by atoms with E-state index in [2.05, 4.69) is 38.1 Å². The van der Waals surface area contributed by atoms with Gasteiger partial charge >= 0.3 is 0 Å². The van der Waals surface area contributed by atoms with Gasteiger partial charge in [0.05, 0.1) is 11.8 Å². The van der Waals surface area contributed by atoms with Gasteiger partial charge in [-0.1, -0.05) is 34.1 Å². The van der Waals surface area contributed by atoms with Crippen molar-refractivity contribution in [3.05, 3.63) is 17.5 Å². The predicted octanol–water partition coefficient (Wildman–Crippen LogP) is 2.53. The highest BCUT2D eigenvalue weighted by Crippen LogP contribution is 2.33. The normalized spacial score (nSPS) is 25.7.